The molecule has 5 rings (SSSR count). The van der Waals surface area contributed by atoms with E-state index in [4.69, 9.17) is 9.72 Å². The van der Waals surface area contributed by atoms with Crippen molar-refractivity contribution >= 4 is 32.9 Å². The van der Waals surface area contributed by atoms with Gasteiger partial charge in [-0.3, -0.25) is 9.69 Å². The van der Waals surface area contributed by atoms with Crippen molar-refractivity contribution in [2.75, 3.05) is 7.11 Å². The molecule has 1 N–H and O–H groups in total. The highest BCUT2D eigenvalue weighted by atomic mass is 32.1. The molecule has 30 heavy (non-hydrogen) atoms. The molecule has 1 aliphatic carbocycles. The van der Waals surface area contributed by atoms with Crippen molar-refractivity contribution in [3.63, 3.8) is 0 Å². The van der Waals surface area contributed by atoms with Gasteiger partial charge in [0.05, 0.1) is 19.0 Å². The Kier molecular flexibility index (Phi) is 5.41. The average Bonchev–Trinajstić information content (AvgIpc) is 3.46. The molecule has 0 saturated heterocycles. The molecule has 5 nitrogen and oxygen atoms in total. The molecule has 0 fully saturated rings. The van der Waals surface area contributed by atoms with Gasteiger partial charge in [0.2, 0.25) is 0 Å². The van der Waals surface area contributed by atoms with Gasteiger partial charge in [0.15, 0.2) is 0 Å². The van der Waals surface area contributed by atoms with Crippen LogP contribution in [0.4, 0.5) is 0 Å². The summed E-state index contributed by atoms with van der Waals surface area (Å²) in [6.45, 7) is 2.08. The van der Waals surface area contributed by atoms with Gasteiger partial charge < -0.3 is 9.72 Å². The minimum absolute atomic E-state index is 0.00256. The number of ether oxygens (including phenoxy) is 1. The summed E-state index contributed by atoms with van der Waals surface area (Å²) in [4.78, 5) is 26.6. The minimum atomic E-state index is 0.00256. The highest BCUT2D eigenvalue weighted by molar-refractivity contribution is 7.18. The van der Waals surface area contributed by atoms with E-state index in [1.807, 2.05) is 18.2 Å². The number of thiophene rings is 2. The SMILES string of the molecule is COc1ccccc1CN(Cc1nc2sc3c(c2c(=O)[nH]1)CCC3)Cc1cccs1. The van der Waals surface area contributed by atoms with Gasteiger partial charge in [0, 0.05) is 28.4 Å². The van der Waals surface area contributed by atoms with Crippen LogP contribution in [0.25, 0.3) is 10.2 Å². The van der Waals surface area contributed by atoms with Crippen molar-refractivity contribution in [2.24, 2.45) is 0 Å². The standard InChI is InChI=1S/C23H23N3O2S2/c1-28-18-9-3-2-6-15(18)12-26(13-16-7-5-11-29-16)14-20-24-22(27)21-17-8-4-10-19(17)30-23(21)25-20/h2-3,5-7,9,11H,4,8,10,12-14H2,1H3,(H,24,25,27). The summed E-state index contributed by atoms with van der Waals surface area (Å²) in [7, 11) is 1.70. The van der Waals surface area contributed by atoms with E-state index in [9.17, 15) is 4.79 Å². The Labute approximate surface area is 183 Å². The van der Waals surface area contributed by atoms with Crippen LogP contribution in [0.3, 0.4) is 0 Å². The second-order valence-corrected chi connectivity index (χ2v) is 9.70. The van der Waals surface area contributed by atoms with Crippen molar-refractivity contribution < 1.29 is 4.74 Å². The predicted octanol–water partition coefficient (Wildman–Crippen LogP) is 4.75. The fourth-order valence-electron chi connectivity index (χ4n) is 4.20. The highest BCUT2D eigenvalue weighted by Crippen LogP contribution is 2.34. The molecule has 3 aromatic heterocycles. The van der Waals surface area contributed by atoms with Gasteiger partial charge in [-0.15, -0.1) is 22.7 Å². The number of nitrogens with zero attached hydrogens (tertiary/aromatic N) is 2. The van der Waals surface area contributed by atoms with Crippen molar-refractivity contribution in [3.8, 4) is 5.75 Å². The fourth-order valence-corrected chi connectivity index (χ4v) is 6.23. The van der Waals surface area contributed by atoms with Crippen LogP contribution in [0.2, 0.25) is 0 Å². The third-order valence-corrected chi connectivity index (χ3v) is 7.59. The third-order valence-electron chi connectivity index (χ3n) is 5.54. The highest BCUT2D eigenvalue weighted by Gasteiger charge is 2.22. The molecule has 4 aromatic rings. The average molecular weight is 438 g/mol. The van der Waals surface area contributed by atoms with Crippen LogP contribution < -0.4 is 10.3 Å². The summed E-state index contributed by atoms with van der Waals surface area (Å²) in [6, 6.07) is 12.3. The van der Waals surface area contributed by atoms with E-state index in [0.29, 0.717) is 13.1 Å². The van der Waals surface area contributed by atoms with Crippen molar-refractivity contribution in [2.45, 2.75) is 38.9 Å². The molecule has 0 bridgehead atoms. The molecule has 0 aliphatic heterocycles. The summed E-state index contributed by atoms with van der Waals surface area (Å²) in [5.41, 5.74) is 2.35. The quantitative estimate of drug-likeness (QED) is 0.453. The summed E-state index contributed by atoms with van der Waals surface area (Å²) in [6.07, 6.45) is 3.22. The zero-order chi connectivity index (χ0) is 20.5. The predicted molar refractivity (Wildman–Crippen MR) is 123 cm³/mol. The lowest BCUT2D eigenvalue weighted by Crippen LogP contribution is -2.25. The van der Waals surface area contributed by atoms with Gasteiger partial charge in [0.25, 0.3) is 5.56 Å². The smallest absolute Gasteiger partial charge is 0.259 e. The Hall–Kier alpha value is -2.48. The van der Waals surface area contributed by atoms with Crippen LogP contribution in [0, 0.1) is 0 Å². The lowest BCUT2D eigenvalue weighted by atomic mass is 10.2. The minimum Gasteiger partial charge on any atom is -0.496 e. The van der Waals surface area contributed by atoms with Gasteiger partial charge >= 0.3 is 0 Å². The van der Waals surface area contributed by atoms with E-state index in [0.717, 1.165) is 53.2 Å². The number of benzene rings is 1. The zero-order valence-electron chi connectivity index (χ0n) is 16.8. The van der Waals surface area contributed by atoms with Crippen LogP contribution in [0.1, 0.15) is 33.1 Å². The van der Waals surface area contributed by atoms with Crippen LogP contribution >= 0.6 is 22.7 Å². The van der Waals surface area contributed by atoms with E-state index < -0.39 is 0 Å². The maximum Gasteiger partial charge on any atom is 0.259 e. The maximum atomic E-state index is 12.9. The zero-order valence-corrected chi connectivity index (χ0v) is 18.4. The van der Waals surface area contributed by atoms with E-state index in [-0.39, 0.29) is 5.56 Å². The lowest BCUT2D eigenvalue weighted by Gasteiger charge is -2.22. The van der Waals surface area contributed by atoms with Gasteiger partial charge in [-0.1, -0.05) is 24.3 Å². The Morgan fingerprint density at radius 2 is 2.03 bits per heavy atom. The number of para-hydroxylation sites is 1. The Morgan fingerprint density at radius 1 is 1.13 bits per heavy atom. The summed E-state index contributed by atoms with van der Waals surface area (Å²) in [5.74, 6) is 1.60. The monoisotopic (exact) mass is 437 g/mol. The molecule has 0 amide bonds. The number of aromatic amines is 1. The second-order valence-electron chi connectivity index (χ2n) is 7.59. The molecule has 0 spiro atoms. The molecule has 3 heterocycles. The molecule has 0 radical (unpaired) electrons. The topological polar surface area (TPSA) is 58.2 Å². The van der Waals surface area contributed by atoms with Gasteiger partial charge in [0.1, 0.15) is 16.4 Å². The number of nitrogens with one attached hydrogen (secondary N) is 1. The first-order valence-corrected chi connectivity index (χ1v) is 11.8. The van der Waals surface area contributed by atoms with E-state index in [1.54, 1.807) is 29.8 Å². The third kappa shape index (κ3) is 3.80. The lowest BCUT2D eigenvalue weighted by molar-refractivity contribution is 0.240. The first-order chi connectivity index (χ1) is 14.7. The van der Waals surface area contributed by atoms with Crippen LogP contribution in [-0.2, 0) is 32.5 Å². The Morgan fingerprint density at radius 3 is 2.87 bits per heavy atom. The fraction of sp³-hybridized carbons (Fsp3) is 0.304. The molecule has 0 atom stereocenters. The molecule has 1 aliphatic rings. The molecule has 0 saturated carbocycles. The van der Waals surface area contributed by atoms with E-state index in [1.165, 1.54) is 15.3 Å². The molecular weight excluding hydrogens is 414 g/mol. The van der Waals surface area contributed by atoms with E-state index in [2.05, 4.69) is 33.5 Å². The molecule has 7 heteroatoms. The normalized spacial score (nSPS) is 13.3. The number of aryl methyl sites for hydroxylation is 2. The van der Waals surface area contributed by atoms with Gasteiger partial charge in [-0.05, 0) is 42.3 Å². The largest absolute Gasteiger partial charge is 0.496 e. The maximum absolute atomic E-state index is 12.9. The van der Waals surface area contributed by atoms with Crippen molar-refractivity contribution in [1.82, 2.24) is 14.9 Å². The number of rotatable bonds is 7. The summed E-state index contributed by atoms with van der Waals surface area (Å²) in [5, 5.41) is 2.90. The second kappa shape index (κ2) is 8.34. The molecule has 154 valence electrons. The number of methoxy groups -OCH3 is 1. The van der Waals surface area contributed by atoms with Gasteiger partial charge in [-0.25, -0.2) is 4.98 Å². The first-order valence-electron chi connectivity index (χ1n) is 10.1. The molecule has 1 aromatic carbocycles. The molecular formula is C23H23N3O2S2. The molecule has 0 unspecified atom stereocenters. The van der Waals surface area contributed by atoms with E-state index >= 15 is 0 Å². The van der Waals surface area contributed by atoms with Crippen LogP contribution in [-0.4, -0.2) is 22.0 Å². The van der Waals surface area contributed by atoms with Crippen LogP contribution in [0.15, 0.2) is 46.6 Å². The number of H-pyrrole nitrogens is 1. The number of aromatic nitrogens is 2. The van der Waals surface area contributed by atoms with Gasteiger partial charge in [-0.2, -0.15) is 0 Å². The number of hydrogen-bond acceptors (Lipinski definition) is 6. The number of hydrogen-bond donors (Lipinski definition) is 1. The van der Waals surface area contributed by atoms with Crippen molar-refractivity contribution in [3.05, 3.63) is 78.8 Å². The Balaban J connectivity index is 1.46. The first kappa shape index (κ1) is 19.5. The Bertz CT molecular complexity index is 1230. The number of fused-ring (bicyclic) bond motifs is 3. The van der Waals surface area contributed by atoms with Crippen LogP contribution in [0.5, 0.6) is 5.75 Å². The summed E-state index contributed by atoms with van der Waals surface area (Å²) >= 11 is 3.43. The van der Waals surface area contributed by atoms with Crippen molar-refractivity contribution in [1.29, 1.82) is 0 Å². The summed E-state index contributed by atoms with van der Waals surface area (Å²) < 4.78 is 5.55.